The van der Waals surface area contributed by atoms with Crippen molar-refractivity contribution in [2.24, 2.45) is 0 Å². The van der Waals surface area contributed by atoms with E-state index in [0.29, 0.717) is 41.3 Å². The van der Waals surface area contributed by atoms with Crippen LogP contribution in [0.4, 0.5) is 5.69 Å². The molecule has 0 spiro atoms. The number of anilines is 1. The number of carboxylic acid groups (broad SMARTS) is 1. The number of nitrogens with one attached hydrogen (secondary N) is 1. The molecule has 32 heavy (non-hydrogen) atoms. The maximum absolute atomic E-state index is 11.1. The van der Waals surface area contributed by atoms with Gasteiger partial charge in [0.2, 0.25) is 0 Å². The van der Waals surface area contributed by atoms with Crippen LogP contribution in [0.15, 0.2) is 53.0 Å². The minimum absolute atomic E-state index is 0.260. The van der Waals surface area contributed by atoms with E-state index in [1.807, 2.05) is 32.0 Å². The molecule has 0 unspecified atom stereocenters. The molecule has 0 aliphatic rings. The largest absolute Gasteiger partial charge is 0.490 e. The first-order chi connectivity index (χ1) is 15.3. The van der Waals surface area contributed by atoms with E-state index in [2.05, 4.69) is 21.2 Å². The van der Waals surface area contributed by atoms with E-state index < -0.39 is 5.97 Å². The summed E-state index contributed by atoms with van der Waals surface area (Å²) >= 11 is 15.7. The van der Waals surface area contributed by atoms with Gasteiger partial charge < -0.3 is 19.9 Å². The molecule has 168 valence electrons. The van der Waals surface area contributed by atoms with Gasteiger partial charge in [-0.25, -0.2) is 4.79 Å². The van der Waals surface area contributed by atoms with Gasteiger partial charge >= 0.3 is 5.97 Å². The highest BCUT2D eigenvalue weighted by molar-refractivity contribution is 9.10. The number of hydrogen-bond donors (Lipinski definition) is 2. The fourth-order valence-corrected chi connectivity index (χ4v) is 3.85. The molecule has 0 amide bonds. The lowest BCUT2D eigenvalue weighted by Gasteiger charge is -2.16. The van der Waals surface area contributed by atoms with E-state index in [1.54, 1.807) is 30.3 Å². The molecule has 5 nitrogen and oxygen atoms in total. The SMILES string of the molecule is CCOc1cc(CNc2ccc(C(=O)O)cc2C)c(Br)cc1OCc1ccc(Cl)c(Cl)c1. The predicted octanol–water partition coefficient (Wildman–Crippen LogP) is 7.35. The molecular formula is C24H22BrCl2NO4. The first-order valence-corrected chi connectivity index (χ1v) is 11.4. The summed E-state index contributed by atoms with van der Waals surface area (Å²) in [7, 11) is 0. The minimum atomic E-state index is -0.944. The zero-order chi connectivity index (χ0) is 23.3. The van der Waals surface area contributed by atoms with Gasteiger partial charge in [0, 0.05) is 16.7 Å². The van der Waals surface area contributed by atoms with Gasteiger partial charge in [-0.3, -0.25) is 0 Å². The average Bonchev–Trinajstić information content (AvgIpc) is 2.75. The Balaban J connectivity index is 1.75. The summed E-state index contributed by atoms with van der Waals surface area (Å²) in [6, 6.07) is 14.2. The molecule has 3 rings (SSSR count). The van der Waals surface area contributed by atoms with Crippen molar-refractivity contribution in [1.82, 2.24) is 0 Å². The number of carboxylic acids is 1. The molecular weight excluding hydrogens is 517 g/mol. The van der Waals surface area contributed by atoms with E-state index >= 15 is 0 Å². The number of rotatable bonds is 9. The molecule has 0 saturated heterocycles. The number of halogens is 3. The van der Waals surface area contributed by atoms with Crippen LogP contribution in [0.3, 0.4) is 0 Å². The van der Waals surface area contributed by atoms with E-state index in [-0.39, 0.29) is 5.56 Å². The second kappa shape index (κ2) is 10.9. The van der Waals surface area contributed by atoms with Gasteiger partial charge in [-0.05, 0) is 73.0 Å². The summed E-state index contributed by atoms with van der Waals surface area (Å²) < 4.78 is 12.6. The predicted molar refractivity (Wildman–Crippen MR) is 132 cm³/mol. The zero-order valence-corrected chi connectivity index (χ0v) is 20.6. The molecule has 2 N–H and O–H groups in total. The van der Waals surface area contributed by atoms with Gasteiger partial charge in [0.1, 0.15) is 6.61 Å². The first kappa shape index (κ1) is 24.2. The molecule has 0 aromatic heterocycles. The Kier molecular flexibility index (Phi) is 8.29. The average molecular weight is 539 g/mol. The third-order valence-corrected chi connectivity index (χ3v) is 6.21. The maximum Gasteiger partial charge on any atom is 0.335 e. The third-order valence-electron chi connectivity index (χ3n) is 4.73. The quantitative estimate of drug-likeness (QED) is 0.298. The van der Waals surface area contributed by atoms with Crippen LogP contribution in [0.25, 0.3) is 0 Å². The Morgan fingerprint density at radius 1 is 1.03 bits per heavy atom. The van der Waals surface area contributed by atoms with Gasteiger partial charge in [-0.2, -0.15) is 0 Å². The first-order valence-electron chi connectivity index (χ1n) is 9.88. The smallest absolute Gasteiger partial charge is 0.335 e. The van der Waals surface area contributed by atoms with Crippen LogP contribution in [0, 0.1) is 6.92 Å². The topological polar surface area (TPSA) is 67.8 Å². The van der Waals surface area contributed by atoms with Crippen molar-refractivity contribution in [3.63, 3.8) is 0 Å². The monoisotopic (exact) mass is 537 g/mol. The lowest BCUT2D eigenvalue weighted by atomic mass is 10.1. The molecule has 0 aliphatic heterocycles. The van der Waals surface area contributed by atoms with Crippen LogP contribution >= 0.6 is 39.1 Å². The van der Waals surface area contributed by atoms with Crippen LogP contribution in [0.1, 0.15) is 34.0 Å². The normalized spacial score (nSPS) is 10.7. The van der Waals surface area contributed by atoms with Gasteiger partial charge in [0.05, 0.1) is 22.2 Å². The van der Waals surface area contributed by atoms with E-state index in [4.69, 9.17) is 37.8 Å². The molecule has 0 radical (unpaired) electrons. The standard InChI is InChI=1S/C24H22BrCl2NO4/c1-3-31-22-10-17(12-28-21-7-5-16(24(29)30)8-14(21)2)18(25)11-23(22)32-13-15-4-6-19(26)20(27)9-15/h4-11,28H,3,12-13H2,1-2H3,(H,29,30). The lowest BCUT2D eigenvalue weighted by Crippen LogP contribution is -2.05. The fourth-order valence-electron chi connectivity index (χ4n) is 3.07. The van der Waals surface area contributed by atoms with Crippen molar-refractivity contribution in [1.29, 1.82) is 0 Å². The molecule has 0 bridgehead atoms. The molecule has 0 fully saturated rings. The molecule has 0 heterocycles. The van der Waals surface area contributed by atoms with Crippen LogP contribution in [0.5, 0.6) is 11.5 Å². The summed E-state index contributed by atoms with van der Waals surface area (Å²) in [5.74, 6) is 0.293. The number of benzene rings is 3. The van der Waals surface area contributed by atoms with Crippen LogP contribution < -0.4 is 14.8 Å². The van der Waals surface area contributed by atoms with Crippen LogP contribution in [0.2, 0.25) is 10.0 Å². The maximum atomic E-state index is 11.1. The second-order valence-corrected chi connectivity index (χ2v) is 8.72. The number of aromatic carboxylic acids is 1. The van der Waals surface area contributed by atoms with Gasteiger partial charge in [-0.15, -0.1) is 0 Å². The zero-order valence-electron chi connectivity index (χ0n) is 17.5. The molecule has 3 aromatic carbocycles. The van der Waals surface area contributed by atoms with E-state index in [9.17, 15) is 4.79 Å². The van der Waals surface area contributed by atoms with Crippen molar-refractivity contribution >= 4 is 50.8 Å². The Morgan fingerprint density at radius 3 is 2.44 bits per heavy atom. The summed E-state index contributed by atoms with van der Waals surface area (Å²) in [5.41, 5.74) is 3.84. The van der Waals surface area contributed by atoms with Crippen molar-refractivity contribution < 1.29 is 19.4 Å². The fraction of sp³-hybridized carbons (Fsp3) is 0.208. The van der Waals surface area contributed by atoms with Gasteiger partial charge in [0.25, 0.3) is 0 Å². The Morgan fingerprint density at radius 2 is 1.78 bits per heavy atom. The third kappa shape index (κ3) is 6.09. The van der Waals surface area contributed by atoms with Crippen LogP contribution in [-0.2, 0) is 13.2 Å². The Labute approximate surface area is 205 Å². The summed E-state index contributed by atoms with van der Waals surface area (Å²) in [5, 5.41) is 13.5. The van der Waals surface area contributed by atoms with Crippen LogP contribution in [-0.4, -0.2) is 17.7 Å². The minimum Gasteiger partial charge on any atom is -0.490 e. The van der Waals surface area contributed by atoms with Gasteiger partial charge in [-0.1, -0.05) is 45.2 Å². The Hall–Kier alpha value is -2.41. The second-order valence-electron chi connectivity index (χ2n) is 7.05. The van der Waals surface area contributed by atoms with Crippen molar-refractivity contribution in [3.05, 3.63) is 85.3 Å². The molecule has 0 saturated carbocycles. The molecule has 3 aromatic rings. The van der Waals surface area contributed by atoms with Crippen molar-refractivity contribution in [3.8, 4) is 11.5 Å². The molecule has 0 aliphatic carbocycles. The van der Waals surface area contributed by atoms with E-state index in [1.165, 1.54) is 0 Å². The summed E-state index contributed by atoms with van der Waals surface area (Å²) in [4.78, 5) is 11.1. The number of aryl methyl sites for hydroxylation is 1. The van der Waals surface area contributed by atoms with Crippen molar-refractivity contribution in [2.75, 3.05) is 11.9 Å². The lowest BCUT2D eigenvalue weighted by molar-refractivity contribution is 0.0697. The highest BCUT2D eigenvalue weighted by Crippen LogP contribution is 2.35. The number of hydrogen-bond acceptors (Lipinski definition) is 4. The summed E-state index contributed by atoms with van der Waals surface area (Å²) in [6.07, 6.45) is 0. The van der Waals surface area contributed by atoms with Crippen molar-refractivity contribution in [2.45, 2.75) is 27.0 Å². The summed E-state index contributed by atoms with van der Waals surface area (Å²) in [6.45, 7) is 5.11. The number of carbonyl (C=O) groups is 1. The highest BCUT2D eigenvalue weighted by Gasteiger charge is 2.13. The molecule has 0 atom stereocenters. The Bertz CT molecular complexity index is 1140. The van der Waals surface area contributed by atoms with Gasteiger partial charge in [0.15, 0.2) is 11.5 Å². The number of ether oxygens (including phenoxy) is 2. The van der Waals surface area contributed by atoms with E-state index in [0.717, 1.165) is 26.9 Å². The highest BCUT2D eigenvalue weighted by atomic mass is 79.9. The molecule has 8 heteroatoms.